The van der Waals surface area contributed by atoms with Crippen LogP contribution in [0.4, 0.5) is 0 Å². The quantitative estimate of drug-likeness (QED) is 0.422. The highest BCUT2D eigenvalue weighted by Gasteiger charge is 1.72. The van der Waals surface area contributed by atoms with Crippen molar-refractivity contribution >= 4 is 0 Å². The van der Waals surface area contributed by atoms with E-state index in [1.54, 1.807) is 0 Å². The lowest BCUT2D eigenvalue weighted by Gasteiger charge is -1.78. The van der Waals surface area contributed by atoms with E-state index < -0.39 is 0 Å². The molecule has 0 fully saturated rings. The zero-order chi connectivity index (χ0) is 8.59. The highest BCUT2D eigenvalue weighted by Crippen LogP contribution is 1.82. The van der Waals surface area contributed by atoms with Gasteiger partial charge in [0.1, 0.15) is 0 Å². The molecule has 1 aromatic heterocycles. The summed E-state index contributed by atoms with van der Waals surface area (Å²) in [5, 5.41) is 0. The maximum Gasteiger partial charge on any atom is 0.0830 e. The van der Waals surface area contributed by atoms with Gasteiger partial charge in [-0.2, -0.15) is 0 Å². The number of terminal acetylenes is 1. The molecule has 0 radical (unpaired) electrons. The van der Waals surface area contributed by atoms with Crippen LogP contribution in [0.25, 0.3) is 0 Å². The average Bonchev–Trinajstić information content (AvgIpc) is 2.17. The molecule has 0 bridgehead atoms. The fourth-order valence-corrected chi connectivity index (χ4v) is 0.260. The number of hydrogen-bond donors (Lipinski definition) is 0. The minimum Gasteiger partial charge on any atom is -0.285 e. The van der Waals surface area contributed by atoms with Crippen molar-refractivity contribution in [1.29, 1.82) is 0 Å². The monoisotopic (exact) mass is 95.1 g/mol. The summed E-state index contributed by atoms with van der Waals surface area (Å²) in [6.45, 7) is 0. The van der Waals surface area contributed by atoms with Gasteiger partial charge in [-0.05, 0) is 12.1 Å². The Morgan fingerprint density at radius 3 is 2.43 bits per heavy atom. The molecule has 0 amide bonds. The van der Waals surface area contributed by atoms with E-state index in [0.717, 1.165) is 4.57 Å². The minimum absolute atomic E-state index is 0.275. The molecule has 1 heterocycles. The van der Waals surface area contributed by atoms with Crippen LogP contribution < -0.4 is 0 Å². The van der Waals surface area contributed by atoms with Gasteiger partial charge in [0.15, 0.2) is 0 Å². The van der Waals surface area contributed by atoms with E-state index in [-0.39, 0.29) is 24.4 Å². The van der Waals surface area contributed by atoms with Gasteiger partial charge in [-0.3, -0.25) is 4.57 Å². The van der Waals surface area contributed by atoms with Gasteiger partial charge in [0, 0.05) is 18.4 Å². The largest absolute Gasteiger partial charge is 0.285 e. The van der Waals surface area contributed by atoms with Crippen LogP contribution in [-0.2, 0) is 0 Å². The zero-order valence-corrected chi connectivity index (χ0v) is 3.52. The second-order valence-electron chi connectivity index (χ2n) is 0.938. The van der Waals surface area contributed by atoms with Gasteiger partial charge in [-0.1, -0.05) is 6.42 Å². The van der Waals surface area contributed by atoms with E-state index >= 15 is 0 Å². The number of hydrogen-bond acceptors (Lipinski definition) is 0. The lowest BCUT2D eigenvalue weighted by atomic mass is 10.7. The first-order valence-corrected chi connectivity index (χ1v) is 1.71. The molecule has 7 heavy (non-hydrogen) atoms. The van der Waals surface area contributed by atoms with Crippen LogP contribution >= 0.6 is 0 Å². The fraction of sp³-hybridized carbons (Fsp3) is 0. The van der Waals surface area contributed by atoms with E-state index in [4.69, 9.17) is 11.9 Å². The van der Waals surface area contributed by atoms with Crippen LogP contribution in [0.5, 0.6) is 0 Å². The molecule has 0 saturated heterocycles. The zero-order valence-electron chi connectivity index (χ0n) is 7.52. The van der Waals surface area contributed by atoms with Crippen molar-refractivity contribution < 1.29 is 5.48 Å². The summed E-state index contributed by atoms with van der Waals surface area (Å²) in [7, 11) is 0. The van der Waals surface area contributed by atoms with Crippen LogP contribution in [0, 0.1) is 12.5 Å². The predicted octanol–water partition coefficient (Wildman–Crippen LogP) is 0.927. The van der Waals surface area contributed by atoms with E-state index in [0.29, 0.717) is 0 Å². The Hall–Kier alpha value is -1.16. The molecule has 0 unspecified atom stereocenters. The first-order valence-electron chi connectivity index (χ1n) is 3.71. The first-order chi connectivity index (χ1) is 5.09. The van der Waals surface area contributed by atoms with Gasteiger partial charge in [0.05, 0.1) is 5.48 Å². The van der Waals surface area contributed by atoms with E-state index in [2.05, 4.69) is 0 Å². The number of aromatic nitrogens is 1. The Morgan fingerprint density at radius 2 is 2.14 bits per heavy atom. The maximum absolute atomic E-state index is 7.15. The molecule has 34 valence electrons. The van der Waals surface area contributed by atoms with Gasteiger partial charge in [-0.15, -0.1) is 0 Å². The normalized spacial score (nSPS) is 15.9. The Balaban J connectivity index is 3.51. The SMILES string of the molecule is [2H]c1c([2H])c([2H])n(C#C)c1[2H]. The van der Waals surface area contributed by atoms with Gasteiger partial charge >= 0.3 is 0 Å². The highest BCUT2D eigenvalue weighted by molar-refractivity contribution is 5.00. The standard InChI is InChI=1S/C6H5N/c1-2-7-5-3-4-6-7/h1,3-6H/i3D,4D,5D,6D. The summed E-state index contributed by atoms with van der Waals surface area (Å²) < 4.78 is 29.3. The lowest BCUT2D eigenvalue weighted by Crippen LogP contribution is -1.76. The molecule has 0 aliphatic carbocycles. The van der Waals surface area contributed by atoms with Crippen molar-refractivity contribution in [3.8, 4) is 12.5 Å². The maximum atomic E-state index is 7.15. The van der Waals surface area contributed by atoms with Crippen LogP contribution in [0.15, 0.2) is 24.4 Å². The topological polar surface area (TPSA) is 4.93 Å². The van der Waals surface area contributed by atoms with Crippen molar-refractivity contribution in [1.82, 2.24) is 4.57 Å². The molecular formula is C6H5N. The highest BCUT2D eigenvalue weighted by atomic mass is 14.9. The number of nitrogens with zero attached hydrogens (tertiary/aromatic N) is 1. The third kappa shape index (κ3) is 0.635. The van der Waals surface area contributed by atoms with Crippen molar-refractivity contribution in [2.45, 2.75) is 0 Å². The summed E-state index contributed by atoms with van der Waals surface area (Å²) in [6, 6.07) is 1.43. The molecular weight excluding hydrogens is 86.1 g/mol. The van der Waals surface area contributed by atoms with E-state index in [1.165, 1.54) is 0 Å². The van der Waals surface area contributed by atoms with E-state index in [9.17, 15) is 0 Å². The molecule has 0 saturated carbocycles. The second kappa shape index (κ2) is 1.53. The molecule has 0 aromatic carbocycles. The molecule has 1 nitrogen and oxygen atoms in total. The molecule has 1 rings (SSSR count). The van der Waals surface area contributed by atoms with Gasteiger partial charge in [0.25, 0.3) is 0 Å². The Bertz CT molecular complexity index is 308. The summed E-state index contributed by atoms with van der Waals surface area (Å²) in [5.74, 6) is 0. The molecule has 0 aliphatic rings. The molecule has 0 spiro atoms. The average molecular weight is 95.1 g/mol. The molecule has 1 aromatic rings. The molecule has 0 N–H and O–H groups in total. The third-order valence-electron chi connectivity index (χ3n) is 0.527. The summed E-state index contributed by atoms with van der Waals surface area (Å²) in [5.41, 5.74) is 0. The summed E-state index contributed by atoms with van der Waals surface area (Å²) in [6.07, 6.45) is 4.39. The molecule has 0 atom stereocenters. The molecule has 1 heteroatoms. The summed E-state index contributed by atoms with van der Waals surface area (Å²) >= 11 is 0. The second-order valence-corrected chi connectivity index (χ2v) is 0.938. The Kier molecular flexibility index (Phi) is 0.308. The van der Waals surface area contributed by atoms with Crippen molar-refractivity contribution in [2.24, 2.45) is 0 Å². The predicted molar refractivity (Wildman–Crippen MR) is 28.7 cm³/mol. The van der Waals surface area contributed by atoms with Gasteiger partial charge in [0.2, 0.25) is 0 Å². The van der Waals surface area contributed by atoms with Crippen molar-refractivity contribution in [3.05, 3.63) is 24.4 Å². The van der Waals surface area contributed by atoms with Crippen LogP contribution in [0.2, 0.25) is 0 Å². The van der Waals surface area contributed by atoms with E-state index in [1.807, 2.05) is 6.04 Å². The van der Waals surface area contributed by atoms with Crippen molar-refractivity contribution in [2.75, 3.05) is 0 Å². The number of rotatable bonds is 0. The van der Waals surface area contributed by atoms with Crippen LogP contribution in [0.3, 0.4) is 0 Å². The fourth-order valence-electron chi connectivity index (χ4n) is 0.260. The Labute approximate surface area is 48.2 Å². The summed E-state index contributed by atoms with van der Waals surface area (Å²) in [4.78, 5) is 0. The molecule has 0 aliphatic heterocycles. The third-order valence-corrected chi connectivity index (χ3v) is 0.527. The Morgan fingerprint density at radius 1 is 1.57 bits per heavy atom. The first kappa shape index (κ1) is 1.41. The smallest absolute Gasteiger partial charge is 0.0830 e. The van der Waals surface area contributed by atoms with Gasteiger partial charge < -0.3 is 0 Å². The minimum atomic E-state index is -0.298. The van der Waals surface area contributed by atoms with Crippen molar-refractivity contribution in [3.63, 3.8) is 0 Å². The van der Waals surface area contributed by atoms with Gasteiger partial charge in [-0.25, -0.2) is 0 Å². The lowest BCUT2D eigenvalue weighted by molar-refractivity contribution is 1.15. The van der Waals surface area contributed by atoms with Crippen LogP contribution in [-0.4, -0.2) is 4.57 Å². The van der Waals surface area contributed by atoms with Crippen LogP contribution in [0.1, 0.15) is 5.48 Å².